The quantitative estimate of drug-likeness (QED) is 0.777. The molecule has 1 saturated heterocycles. The Morgan fingerprint density at radius 2 is 1.96 bits per heavy atom. The molecule has 0 saturated carbocycles. The largest absolute Gasteiger partial charge is 0.354 e. The average Bonchev–Trinajstić information content (AvgIpc) is 3.24. The van der Waals surface area contributed by atoms with Crippen LogP contribution in [0, 0.1) is 5.41 Å². The van der Waals surface area contributed by atoms with Crippen LogP contribution >= 0.6 is 0 Å². The molecule has 3 aromatic rings. The standard InChI is InChI=1S/C21H27N5/c1-15(16-8-6-5-7-9-16)26-12-18(21(2,3)13-26)25(4)20-17-10-11-22-19(17)23-14-24-20/h5-11,14-15,18H,12-13H2,1-4H3,(H,22,23,24)/t15-,18-/m1/s1. The number of likely N-dealkylation sites (N-methyl/N-ethyl adjacent to an activating group) is 1. The predicted octanol–water partition coefficient (Wildman–Crippen LogP) is 3.87. The van der Waals surface area contributed by atoms with Crippen LogP contribution in [0.25, 0.3) is 11.0 Å². The van der Waals surface area contributed by atoms with Gasteiger partial charge in [-0.05, 0) is 24.0 Å². The first-order chi connectivity index (χ1) is 12.5. The van der Waals surface area contributed by atoms with E-state index in [0.717, 1.165) is 29.9 Å². The Hall–Kier alpha value is -2.40. The summed E-state index contributed by atoms with van der Waals surface area (Å²) < 4.78 is 0. The van der Waals surface area contributed by atoms with Gasteiger partial charge >= 0.3 is 0 Å². The highest BCUT2D eigenvalue weighted by molar-refractivity contribution is 5.87. The van der Waals surface area contributed by atoms with E-state index < -0.39 is 0 Å². The van der Waals surface area contributed by atoms with Gasteiger partial charge in [-0.1, -0.05) is 44.2 Å². The molecule has 1 N–H and O–H groups in total. The summed E-state index contributed by atoms with van der Waals surface area (Å²) in [5, 5.41) is 1.08. The Morgan fingerprint density at radius 1 is 1.19 bits per heavy atom. The van der Waals surface area contributed by atoms with Gasteiger partial charge in [-0.2, -0.15) is 0 Å². The molecule has 26 heavy (non-hydrogen) atoms. The van der Waals surface area contributed by atoms with E-state index in [1.807, 2.05) is 6.20 Å². The van der Waals surface area contributed by atoms with E-state index >= 15 is 0 Å². The van der Waals surface area contributed by atoms with Crippen LogP contribution in [0.4, 0.5) is 5.82 Å². The third-order valence-electron chi connectivity index (χ3n) is 5.88. The second-order valence-electron chi connectivity index (χ2n) is 8.07. The predicted molar refractivity (Wildman–Crippen MR) is 106 cm³/mol. The first kappa shape index (κ1) is 17.0. The molecule has 2 atom stereocenters. The zero-order valence-electron chi connectivity index (χ0n) is 16.0. The Kier molecular flexibility index (Phi) is 4.19. The molecule has 5 nitrogen and oxygen atoms in total. The minimum atomic E-state index is 0.172. The van der Waals surface area contributed by atoms with E-state index in [2.05, 4.69) is 89.0 Å². The molecule has 1 aromatic carbocycles. The molecule has 0 radical (unpaired) electrons. The second-order valence-corrected chi connectivity index (χ2v) is 8.07. The smallest absolute Gasteiger partial charge is 0.142 e. The Bertz CT molecular complexity index is 886. The minimum Gasteiger partial charge on any atom is -0.354 e. The van der Waals surface area contributed by atoms with Crippen molar-refractivity contribution in [3.8, 4) is 0 Å². The number of fused-ring (bicyclic) bond motifs is 1. The van der Waals surface area contributed by atoms with Crippen LogP contribution in [0.15, 0.2) is 48.9 Å². The molecule has 0 unspecified atom stereocenters. The van der Waals surface area contributed by atoms with Crippen molar-refractivity contribution < 1.29 is 0 Å². The lowest BCUT2D eigenvalue weighted by Crippen LogP contribution is -2.43. The van der Waals surface area contributed by atoms with Gasteiger partial charge in [-0.15, -0.1) is 0 Å². The first-order valence-electron chi connectivity index (χ1n) is 9.27. The van der Waals surface area contributed by atoms with Crippen molar-refractivity contribution in [2.75, 3.05) is 25.0 Å². The van der Waals surface area contributed by atoms with Crippen LogP contribution in [0.1, 0.15) is 32.4 Å². The number of likely N-dealkylation sites (tertiary alicyclic amines) is 1. The number of H-pyrrole nitrogens is 1. The first-order valence-corrected chi connectivity index (χ1v) is 9.27. The van der Waals surface area contributed by atoms with Gasteiger partial charge in [0.1, 0.15) is 17.8 Å². The summed E-state index contributed by atoms with van der Waals surface area (Å²) in [6.45, 7) is 9.13. The van der Waals surface area contributed by atoms with E-state index in [0.29, 0.717) is 12.1 Å². The monoisotopic (exact) mass is 349 g/mol. The summed E-state index contributed by atoms with van der Waals surface area (Å²) in [4.78, 5) is 17.0. The lowest BCUT2D eigenvalue weighted by Gasteiger charge is -2.34. The fraction of sp³-hybridized carbons (Fsp3) is 0.429. The van der Waals surface area contributed by atoms with Crippen LogP contribution in [-0.4, -0.2) is 46.0 Å². The molecule has 0 aliphatic carbocycles. The number of anilines is 1. The minimum absolute atomic E-state index is 0.172. The molecule has 136 valence electrons. The molecule has 1 aliphatic rings. The molecular weight excluding hydrogens is 322 g/mol. The Morgan fingerprint density at radius 3 is 2.73 bits per heavy atom. The normalized spacial score (nSPS) is 21.2. The number of aromatic amines is 1. The highest BCUT2D eigenvalue weighted by atomic mass is 15.3. The van der Waals surface area contributed by atoms with Crippen molar-refractivity contribution in [2.45, 2.75) is 32.9 Å². The van der Waals surface area contributed by atoms with Gasteiger partial charge in [0.2, 0.25) is 0 Å². The van der Waals surface area contributed by atoms with E-state index in [1.165, 1.54) is 5.56 Å². The summed E-state index contributed by atoms with van der Waals surface area (Å²) in [7, 11) is 2.16. The van der Waals surface area contributed by atoms with E-state index in [9.17, 15) is 0 Å². The van der Waals surface area contributed by atoms with Crippen molar-refractivity contribution in [2.24, 2.45) is 5.41 Å². The summed E-state index contributed by atoms with van der Waals surface area (Å²) in [6, 6.07) is 13.6. The highest BCUT2D eigenvalue weighted by Crippen LogP contribution is 2.39. The molecule has 0 bridgehead atoms. The SMILES string of the molecule is C[C@H](c1ccccc1)N1C[C@@H](N(C)c2ncnc3[nH]ccc23)C(C)(C)C1. The lowest BCUT2D eigenvalue weighted by atomic mass is 9.87. The number of nitrogens with zero attached hydrogens (tertiary/aromatic N) is 4. The number of hydrogen-bond acceptors (Lipinski definition) is 4. The summed E-state index contributed by atoms with van der Waals surface area (Å²) >= 11 is 0. The molecule has 0 spiro atoms. The molecule has 4 rings (SSSR count). The molecule has 1 aliphatic heterocycles. The summed E-state index contributed by atoms with van der Waals surface area (Å²) in [5.74, 6) is 1.00. The van der Waals surface area contributed by atoms with Crippen molar-refractivity contribution >= 4 is 16.9 Å². The summed E-state index contributed by atoms with van der Waals surface area (Å²) in [5.41, 5.74) is 2.44. The fourth-order valence-corrected chi connectivity index (χ4v) is 4.33. The number of rotatable bonds is 4. The van der Waals surface area contributed by atoms with Gasteiger partial charge in [0, 0.05) is 38.4 Å². The van der Waals surface area contributed by atoms with Crippen molar-refractivity contribution in [1.29, 1.82) is 0 Å². The number of benzene rings is 1. The van der Waals surface area contributed by atoms with E-state index in [4.69, 9.17) is 0 Å². The third kappa shape index (κ3) is 2.86. The zero-order chi connectivity index (χ0) is 18.3. The van der Waals surface area contributed by atoms with Crippen LogP contribution < -0.4 is 4.90 Å². The topological polar surface area (TPSA) is 48.1 Å². The van der Waals surface area contributed by atoms with Crippen molar-refractivity contribution in [3.05, 3.63) is 54.5 Å². The maximum absolute atomic E-state index is 4.59. The zero-order valence-corrected chi connectivity index (χ0v) is 16.0. The number of aromatic nitrogens is 3. The van der Waals surface area contributed by atoms with Gasteiger partial charge in [-0.3, -0.25) is 4.90 Å². The Balaban J connectivity index is 1.61. The van der Waals surface area contributed by atoms with E-state index in [-0.39, 0.29) is 5.41 Å². The van der Waals surface area contributed by atoms with Crippen LogP contribution in [0.3, 0.4) is 0 Å². The number of hydrogen-bond donors (Lipinski definition) is 1. The van der Waals surface area contributed by atoms with Gasteiger partial charge in [0.05, 0.1) is 5.39 Å². The third-order valence-corrected chi connectivity index (χ3v) is 5.88. The maximum Gasteiger partial charge on any atom is 0.142 e. The second kappa shape index (κ2) is 6.40. The fourth-order valence-electron chi connectivity index (χ4n) is 4.33. The van der Waals surface area contributed by atoms with Gasteiger partial charge in [-0.25, -0.2) is 9.97 Å². The van der Waals surface area contributed by atoms with Crippen LogP contribution in [0.5, 0.6) is 0 Å². The highest BCUT2D eigenvalue weighted by Gasteiger charge is 2.43. The summed E-state index contributed by atoms with van der Waals surface area (Å²) in [6.07, 6.45) is 3.58. The van der Waals surface area contributed by atoms with Crippen molar-refractivity contribution in [1.82, 2.24) is 19.9 Å². The molecule has 5 heteroatoms. The molecule has 1 fully saturated rings. The van der Waals surface area contributed by atoms with Crippen LogP contribution in [-0.2, 0) is 0 Å². The molecule has 0 amide bonds. The maximum atomic E-state index is 4.59. The molecular formula is C21H27N5. The van der Waals surface area contributed by atoms with Gasteiger partial charge in [0.25, 0.3) is 0 Å². The van der Waals surface area contributed by atoms with Crippen molar-refractivity contribution in [3.63, 3.8) is 0 Å². The lowest BCUT2D eigenvalue weighted by molar-refractivity contribution is 0.232. The number of nitrogens with one attached hydrogen (secondary N) is 1. The van der Waals surface area contributed by atoms with Crippen LogP contribution in [0.2, 0.25) is 0 Å². The van der Waals surface area contributed by atoms with E-state index in [1.54, 1.807) is 6.33 Å². The molecule has 3 heterocycles. The van der Waals surface area contributed by atoms with Gasteiger partial charge in [0.15, 0.2) is 0 Å². The Labute approximate surface area is 155 Å². The average molecular weight is 349 g/mol. The molecule has 2 aromatic heterocycles. The van der Waals surface area contributed by atoms with Gasteiger partial charge < -0.3 is 9.88 Å².